The van der Waals surface area contributed by atoms with Crippen LogP contribution in [-0.2, 0) is 6.54 Å². The van der Waals surface area contributed by atoms with E-state index >= 15 is 0 Å². The van der Waals surface area contributed by atoms with E-state index in [4.69, 9.17) is 11.6 Å². The summed E-state index contributed by atoms with van der Waals surface area (Å²) in [4.78, 5) is 20.2. The maximum absolute atomic E-state index is 12.6. The van der Waals surface area contributed by atoms with E-state index in [1.807, 2.05) is 42.5 Å². The molecule has 5 heteroatoms. The lowest BCUT2D eigenvalue weighted by Gasteiger charge is -2.05. The van der Waals surface area contributed by atoms with Crippen LogP contribution in [0.15, 0.2) is 59.7 Å². The van der Waals surface area contributed by atoms with E-state index in [2.05, 4.69) is 9.97 Å². The van der Waals surface area contributed by atoms with E-state index in [0.717, 1.165) is 16.5 Å². The first-order chi connectivity index (χ1) is 10.7. The molecule has 2 aromatic heterocycles. The molecule has 0 spiro atoms. The van der Waals surface area contributed by atoms with Crippen LogP contribution in [0.25, 0.3) is 21.9 Å². The second-order valence-corrected chi connectivity index (χ2v) is 5.64. The molecule has 0 atom stereocenters. The number of hydrogen-bond acceptors (Lipinski definition) is 2. The van der Waals surface area contributed by atoms with Crippen LogP contribution in [0.1, 0.15) is 5.56 Å². The number of fused-ring (bicyclic) bond motifs is 3. The third-order valence-electron chi connectivity index (χ3n) is 3.73. The van der Waals surface area contributed by atoms with Gasteiger partial charge in [0.05, 0.1) is 12.9 Å². The molecule has 4 rings (SSSR count). The fourth-order valence-electron chi connectivity index (χ4n) is 2.65. The van der Waals surface area contributed by atoms with Gasteiger partial charge in [-0.25, -0.2) is 4.98 Å². The molecule has 0 amide bonds. The van der Waals surface area contributed by atoms with Crippen molar-refractivity contribution in [3.8, 4) is 0 Å². The van der Waals surface area contributed by atoms with Gasteiger partial charge in [0.1, 0.15) is 11.0 Å². The van der Waals surface area contributed by atoms with Crippen LogP contribution < -0.4 is 5.56 Å². The van der Waals surface area contributed by atoms with Crippen molar-refractivity contribution in [1.29, 1.82) is 0 Å². The average Bonchev–Trinajstić information content (AvgIpc) is 2.90. The van der Waals surface area contributed by atoms with E-state index < -0.39 is 0 Å². The van der Waals surface area contributed by atoms with E-state index in [1.165, 1.54) is 0 Å². The average molecular weight is 310 g/mol. The molecule has 4 aromatic rings. The monoisotopic (exact) mass is 309 g/mol. The molecule has 0 saturated heterocycles. The zero-order valence-electron chi connectivity index (χ0n) is 11.6. The van der Waals surface area contributed by atoms with Crippen LogP contribution >= 0.6 is 11.6 Å². The molecule has 108 valence electrons. The second-order valence-electron chi connectivity index (χ2n) is 5.20. The maximum Gasteiger partial charge on any atom is 0.277 e. The van der Waals surface area contributed by atoms with Gasteiger partial charge < -0.3 is 4.98 Å². The van der Waals surface area contributed by atoms with Crippen molar-refractivity contribution in [2.75, 3.05) is 0 Å². The number of rotatable bonds is 2. The first kappa shape index (κ1) is 13.1. The van der Waals surface area contributed by atoms with Crippen molar-refractivity contribution in [2.24, 2.45) is 0 Å². The molecule has 22 heavy (non-hydrogen) atoms. The Labute approximate surface area is 131 Å². The minimum atomic E-state index is -0.0822. The van der Waals surface area contributed by atoms with Crippen LogP contribution in [-0.4, -0.2) is 14.5 Å². The van der Waals surface area contributed by atoms with Crippen LogP contribution in [0.3, 0.4) is 0 Å². The molecule has 1 N–H and O–H groups in total. The molecule has 0 aliphatic heterocycles. The lowest BCUT2D eigenvalue weighted by Crippen LogP contribution is -2.21. The van der Waals surface area contributed by atoms with Crippen molar-refractivity contribution >= 4 is 33.5 Å². The Hall–Kier alpha value is -2.59. The molecule has 0 bridgehead atoms. The first-order valence-corrected chi connectivity index (χ1v) is 7.30. The molecule has 2 aromatic carbocycles. The zero-order chi connectivity index (χ0) is 15.1. The van der Waals surface area contributed by atoms with Gasteiger partial charge in [0.25, 0.3) is 5.56 Å². The van der Waals surface area contributed by atoms with Gasteiger partial charge >= 0.3 is 0 Å². The third kappa shape index (κ3) is 2.09. The van der Waals surface area contributed by atoms with Gasteiger partial charge in [-0.15, -0.1) is 0 Å². The Morgan fingerprint density at radius 3 is 2.77 bits per heavy atom. The summed E-state index contributed by atoms with van der Waals surface area (Å²) in [6.45, 7) is 0.499. The van der Waals surface area contributed by atoms with Crippen molar-refractivity contribution in [3.63, 3.8) is 0 Å². The molecule has 0 saturated carbocycles. The summed E-state index contributed by atoms with van der Waals surface area (Å²) in [5.74, 6) is 0. The van der Waals surface area contributed by atoms with Crippen LogP contribution in [0, 0.1) is 0 Å². The largest absolute Gasteiger partial charge is 0.349 e. The quantitative estimate of drug-likeness (QED) is 0.615. The fraction of sp³-hybridized carbons (Fsp3) is 0.0588. The van der Waals surface area contributed by atoms with Gasteiger partial charge in [-0.1, -0.05) is 41.9 Å². The molecule has 0 aliphatic carbocycles. The highest BCUT2D eigenvalue weighted by atomic mass is 35.5. The third-order valence-corrected chi connectivity index (χ3v) is 3.96. The summed E-state index contributed by atoms with van der Waals surface area (Å²) < 4.78 is 1.61. The van der Waals surface area contributed by atoms with Crippen molar-refractivity contribution in [1.82, 2.24) is 14.5 Å². The number of aromatic amines is 1. The Bertz CT molecular complexity index is 1030. The van der Waals surface area contributed by atoms with Gasteiger partial charge in [0, 0.05) is 15.9 Å². The van der Waals surface area contributed by atoms with Gasteiger partial charge in [-0.05, 0) is 23.8 Å². The predicted molar refractivity (Wildman–Crippen MR) is 88.4 cm³/mol. The number of halogens is 1. The van der Waals surface area contributed by atoms with E-state index in [-0.39, 0.29) is 5.56 Å². The van der Waals surface area contributed by atoms with Crippen molar-refractivity contribution in [3.05, 3.63) is 75.8 Å². The molecule has 0 aliphatic rings. The molecular weight excluding hydrogens is 298 g/mol. The Morgan fingerprint density at radius 2 is 1.95 bits per heavy atom. The van der Waals surface area contributed by atoms with E-state index in [1.54, 1.807) is 17.0 Å². The molecule has 4 nitrogen and oxygen atoms in total. The molecule has 0 radical (unpaired) electrons. The lowest BCUT2D eigenvalue weighted by molar-refractivity contribution is 0.747. The highest BCUT2D eigenvalue weighted by Gasteiger charge is 2.11. The van der Waals surface area contributed by atoms with Gasteiger partial charge in [-0.2, -0.15) is 0 Å². The predicted octanol–water partition coefficient (Wildman–Crippen LogP) is 3.58. The molecule has 0 fully saturated rings. The lowest BCUT2D eigenvalue weighted by atomic mass is 10.2. The SMILES string of the molecule is O=c1c2[nH]c3ccc(Cl)cc3c2ncn1Cc1ccccc1. The number of H-pyrrole nitrogens is 1. The van der Waals surface area contributed by atoms with Gasteiger partial charge in [0.15, 0.2) is 0 Å². The summed E-state index contributed by atoms with van der Waals surface area (Å²) in [5.41, 5.74) is 3.01. The zero-order valence-corrected chi connectivity index (χ0v) is 12.3. The molecule has 2 heterocycles. The topological polar surface area (TPSA) is 50.7 Å². The highest BCUT2D eigenvalue weighted by Crippen LogP contribution is 2.24. The Balaban J connectivity index is 1.90. The van der Waals surface area contributed by atoms with E-state index in [9.17, 15) is 4.79 Å². The summed E-state index contributed by atoms with van der Waals surface area (Å²) in [6.07, 6.45) is 1.59. The standard InChI is InChI=1S/C17H12ClN3O/c18-12-6-7-14-13(8-12)15-16(20-14)17(22)21(10-19-15)9-11-4-2-1-3-5-11/h1-8,10,20H,9H2. The number of nitrogens with zero attached hydrogens (tertiary/aromatic N) is 2. The fourth-order valence-corrected chi connectivity index (χ4v) is 2.83. The maximum atomic E-state index is 12.6. The normalized spacial score (nSPS) is 11.3. The second kappa shape index (κ2) is 5.00. The van der Waals surface area contributed by atoms with Crippen molar-refractivity contribution in [2.45, 2.75) is 6.54 Å². The molecular formula is C17H12ClN3O. The highest BCUT2D eigenvalue weighted by molar-refractivity contribution is 6.31. The van der Waals surface area contributed by atoms with Crippen LogP contribution in [0.5, 0.6) is 0 Å². The van der Waals surface area contributed by atoms with E-state index in [0.29, 0.717) is 22.6 Å². The summed E-state index contributed by atoms with van der Waals surface area (Å²) in [5, 5.41) is 1.50. The smallest absolute Gasteiger partial charge is 0.277 e. The summed E-state index contributed by atoms with van der Waals surface area (Å²) >= 11 is 6.03. The van der Waals surface area contributed by atoms with Crippen LogP contribution in [0.4, 0.5) is 0 Å². The number of aromatic nitrogens is 3. The minimum absolute atomic E-state index is 0.0822. The van der Waals surface area contributed by atoms with Gasteiger partial charge in [0.2, 0.25) is 0 Å². The molecule has 0 unspecified atom stereocenters. The number of benzene rings is 2. The number of nitrogens with one attached hydrogen (secondary N) is 1. The summed E-state index contributed by atoms with van der Waals surface area (Å²) in [6, 6.07) is 15.3. The summed E-state index contributed by atoms with van der Waals surface area (Å²) in [7, 11) is 0. The van der Waals surface area contributed by atoms with Crippen LogP contribution in [0.2, 0.25) is 5.02 Å². The Kier molecular flexibility index (Phi) is 2.98. The Morgan fingerprint density at radius 1 is 1.14 bits per heavy atom. The van der Waals surface area contributed by atoms with Gasteiger partial charge in [-0.3, -0.25) is 9.36 Å². The minimum Gasteiger partial charge on any atom is -0.349 e. The number of hydrogen-bond donors (Lipinski definition) is 1. The first-order valence-electron chi connectivity index (χ1n) is 6.93. The van der Waals surface area contributed by atoms with Crippen molar-refractivity contribution < 1.29 is 0 Å².